The molecule has 0 unspecified atom stereocenters. The molecule has 1 rings (SSSR count). The number of aliphatic hydroxyl groups excluding tert-OH is 4. The first-order chi connectivity index (χ1) is 10.6. The Morgan fingerprint density at radius 1 is 0.955 bits per heavy atom. The van der Waals surface area contributed by atoms with E-state index in [0.717, 1.165) is 12.8 Å². The van der Waals surface area contributed by atoms with Crippen LogP contribution >= 0.6 is 0 Å². The standard InChI is InChI=1S/C16H32O6/c1-2-3-4-5-6-7-8-9-10-21-16-14(20)13(19)15(22-16)12(18)11-17/h12-20H,2-11H2,1H3/t12-,13+,14+,15-,16-/m0/s1. The first-order valence-corrected chi connectivity index (χ1v) is 8.54. The lowest BCUT2D eigenvalue weighted by molar-refractivity contribution is -0.181. The molecule has 0 amide bonds. The Balaban J connectivity index is 2.07. The third-order valence-electron chi connectivity index (χ3n) is 4.10. The molecule has 6 heteroatoms. The first-order valence-electron chi connectivity index (χ1n) is 8.54. The van der Waals surface area contributed by atoms with Gasteiger partial charge in [0.1, 0.15) is 24.4 Å². The van der Waals surface area contributed by atoms with Crippen LogP contribution < -0.4 is 0 Å². The van der Waals surface area contributed by atoms with Gasteiger partial charge in [0.15, 0.2) is 6.29 Å². The highest BCUT2D eigenvalue weighted by Crippen LogP contribution is 2.24. The minimum atomic E-state index is -1.24. The van der Waals surface area contributed by atoms with Gasteiger partial charge in [0, 0.05) is 6.61 Å². The summed E-state index contributed by atoms with van der Waals surface area (Å²) < 4.78 is 10.7. The van der Waals surface area contributed by atoms with E-state index in [1.807, 2.05) is 0 Å². The van der Waals surface area contributed by atoms with Gasteiger partial charge in [-0.1, -0.05) is 51.9 Å². The molecule has 132 valence electrons. The van der Waals surface area contributed by atoms with Gasteiger partial charge in [-0.3, -0.25) is 0 Å². The van der Waals surface area contributed by atoms with Gasteiger partial charge < -0.3 is 29.9 Å². The molecular weight excluding hydrogens is 288 g/mol. The molecule has 6 nitrogen and oxygen atoms in total. The molecule has 1 fully saturated rings. The lowest BCUT2D eigenvalue weighted by Crippen LogP contribution is -2.40. The molecule has 0 radical (unpaired) electrons. The second-order valence-corrected chi connectivity index (χ2v) is 6.05. The molecule has 0 saturated carbocycles. The monoisotopic (exact) mass is 320 g/mol. The van der Waals surface area contributed by atoms with Crippen LogP contribution in [0.3, 0.4) is 0 Å². The minimum Gasteiger partial charge on any atom is -0.394 e. The van der Waals surface area contributed by atoms with Gasteiger partial charge in [0.2, 0.25) is 0 Å². The fourth-order valence-electron chi connectivity index (χ4n) is 2.67. The molecule has 0 aliphatic carbocycles. The number of unbranched alkanes of at least 4 members (excludes halogenated alkanes) is 7. The Morgan fingerprint density at radius 3 is 2.14 bits per heavy atom. The molecule has 5 atom stereocenters. The van der Waals surface area contributed by atoms with Crippen molar-refractivity contribution in [2.24, 2.45) is 0 Å². The van der Waals surface area contributed by atoms with E-state index in [1.54, 1.807) is 0 Å². The van der Waals surface area contributed by atoms with E-state index < -0.39 is 37.3 Å². The summed E-state index contributed by atoms with van der Waals surface area (Å²) in [6.07, 6.45) is 3.92. The first kappa shape index (κ1) is 19.8. The lowest BCUT2D eigenvalue weighted by atomic mass is 10.1. The Hall–Kier alpha value is -0.240. The number of aliphatic hydroxyl groups is 4. The van der Waals surface area contributed by atoms with Crippen LogP contribution in [0.5, 0.6) is 0 Å². The van der Waals surface area contributed by atoms with Crippen LogP contribution in [0.2, 0.25) is 0 Å². The fraction of sp³-hybridized carbons (Fsp3) is 1.00. The third-order valence-corrected chi connectivity index (χ3v) is 4.10. The van der Waals surface area contributed by atoms with Gasteiger partial charge in [-0.05, 0) is 6.42 Å². The Morgan fingerprint density at radius 2 is 1.55 bits per heavy atom. The van der Waals surface area contributed by atoms with E-state index in [1.165, 1.54) is 38.5 Å². The van der Waals surface area contributed by atoms with Crippen LogP contribution in [0, 0.1) is 0 Å². The van der Waals surface area contributed by atoms with Gasteiger partial charge in [0.05, 0.1) is 6.61 Å². The maximum atomic E-state index is 9.80. The van der Waals surface area contributed by atoms with E-state index in [9.17, 15) is 15.3 Å². The predicted octanol–water partition coefficient (Wildman–Crippen LogP) is 0.944. The van der Waals surface area contributed by atoms with Gasteiger partial charge in [-0.2, -0.15) is 0 Å². The summed E-state index contributed by atoms with van der Waals surface area (Å²) in [4.78, 5) is 0. The smallest absolute Gasteiger partial charge is 0.186 e. The quantitative estimate of drug-likeness (QED) is 0.400. The second-order valence-electron chi connectivity index (χ2n) is 6.05. The Labute approximate surface area is 133 Å². The van der Waals surface area contributed by atoms with Crippen LogP contribution in [0.25, 0.3) is 0 Å². The molecule has 1 aliphatic heterocycles. The molecule has 0 spiro atoms. The zero-order valence-corrected chi connectivity index (χ0v) is 13.6. The largest absolute Gasteiger partial charge is 0.394 e. The second kappa shape index (κ2) is 11.3. The van der Waals surface area contributed by atoms with E-state index in [4.69, 9.17) is 14.6 Å². The number of rotatable bonds is 12. The summed E-state index contributed by atoms with van der Waals surface area (Å²) in [5, 5.41) is 37.9. The SMILES string of the molecule is CCCCCCCCCCO[C@H]1O[C@@H]([C@@H](O)CO)[C@H](O)[C@H]1O. The van der Waals surface area contributed by atoms with Crippen molar-refractivity contribution in [3.05, 3.63) is 0 Å². The predicted molar refractivity (Wildman–Crippen MR) is 82.3 cm³/mol. The number of ether oxygens (including phenoxy) is 2. The Bertz CT molecular complexity index is 275. The average molecular weight is 320 g/mol. The lowest BCUT2D eigenvalue weighted by Gasteiger charge is -2.18. The number of hydrogen-bond donors (Lipinski definition) is 4. The molecule has 0 bridgehead atoms. The number of hydrogen-bond acceptors (Lipinski definition) is 6. The van der Waals surface area contributed by atoms with E-state index >= 15 is 0 Å². The molecule has 0 aromatic rings. The summed E-state index contributed by atoms with van der Waals surface area (Å²) in [5.41, 5.74) is 0. The fourth-order valence-corrected chi connectivity index (χ4v) is 2.67. The molecule has 0 aromatic carbocycles. The van der Waals surface area contributed by atoms with Crippen molar-refractivity contribution in [1.82, 2.24) is 0 Å². The molecule has 1 heterocycles. The topological polar surface area (TPSA) is 99.4 Å². The van der Waals surface area contributed by atoms with Crippen molar-refractivity contribution >= 4 is 0 Å². The van der Waals surface area contributed by atoms with Gasteiger partial charge in [-0.15, -0.1) is 0 Å². The summed E-state index contributed by atoms with van der Waals surface area (Å²) in [5.74, 6) is 0. The molecular formula is C16H32O6. The van der Waals surface area contributed by atoms with Crippen LogP contribution in [0.4, 0.5) is 0 Å². The normalized spacial score (nSPS) is 29.9. The zero-order valence-electron chi connectivity index (χ0n) is 13.6. The van der Waals surface area contributed by atoms with Crippen LogP contribution in [0.1, 0.15) is 58.3 Å². The third kappa shape index (κ3) is 6.48. The van der Waals surface area contributed by atoms with Crippen molar-refractivity contribution in [2.75, 3.05) is 13.2 Å². The van der Waals surface area contributed by atoms with E-state index in [0.29, 0.717) is 6.61 Å². The highest BCUT2D eigenvalue weighted by molar-refractivity contribution is 4.90. The summed E-state index contributed by atoms with van der Waals surface area (Å²) >= 11 is 0. The van der Waals surface area contributed by atoms with Gasteiger partial charge in [0.25, 0.3) is 0 Å². The van der Waals surface area contributed by atoms with Crippen molar-refractivity contribution in [3.63, 3.8) is 0 Å². The van der Waals surface area contributed by atoms with Crippen molar-refractivity contribution in [2.45, 2.75) is 89.0 Å². The molecule has 0 aromatic heterocycles. The summed E-state index contributed by atoms with van der Waals surface area (Å²) in [7, 11) is 0. The molecule has 1 aliphatic rings. The minimum absolute atomic E-state index is 0.450. The van der Waals surface area contributed by atoms with Crippen molar-refractivity contribution in [1.29, 1.82) is 0 Å². The van der Waals surface area contributed by atoms with Crippen LogP contribution in [0.15, 0.2) is 0 Å². The highest BCUT2D eigenvalue weighted by Gasteiger charge is 2.46. The molecule has 4 N–H and O–H groups in total. The van der Waals surface area contributed by atoms with Crippen LogP contribution in [-0.2, 0) is 9.47 Å². The van der Waals surface area contributed by atoms with Gasteiger partial charge >= 0.3 is 0 Å². The highest BCUT2D eigenvalue weighted by atomic mass is 16.7. The van der Waals surface area contributed by atoms with Crippen molar-refractivity contribution in [3.8, 4) is 0 Å². The Kier molecular flexibility index (Phi) is 10.2. The zero-order chi connectivity index (χ0) is 16.4. The summed E-state index contributed by atoms with van der Waals surface area (Å²) in [6.45, 7) is 2.13. The molecule has 22 heavy (non-hydrogen) atoms. The van der Waals surface area contributed by atoms with E-state index in [-0.39, 0.29) is 0 Å². The maximum Gasteiger partial charge on any atom is 0.186 e. The average Bonchev–Trinajstić information content (AvgIpc) is 2.81. The van der Waals surface area contributed by atoms with Gasteiger partial charge in [-0.25, -0.2) is 0 Å². The maximum absolute atomic E-state index is 9.80. The van der Waals surface area contributed by atoms with Crippen LogP contribution in [-0.4, -0.2) is 64.3 Å². The van der Waals surface area contributed by atoms with E-state index in [2.05, 4.69) is 6.92 Å². The summed E-state index contributed by atoms with van der Waals surface area (Å²) in [6, 6.07) is 0. The van der Waals surface area contributed by atoms with Crippen molar-refractivity contribution < 1.29 is 29.9 Å². The molecule has 1 saturated heterocycles.